The van der Waals surface area contributed by atoms with Crippen LogP contribution in [0.2, 0.25) is 0 Å². The van der Waals surface area contributed by atoms with Crippen LogP contribution in [0.1, 0.15) is 200 Å². The number of nitrogens with one attached hydrogen (secondary N) is 1. The van der Waals surface area contributed by atoms with E-state index in [0.29, 0.717) is 24.2 Å². The average molecular weight is 771 g/mol. The van der Waals surface area contributed by atoms with Gasteiger partial charge in [0.25, 0.3) is 0 Å². The van der Waals surface area contributed by atoms with E-state index in [2.05, 4.69) is 122 Å². The Kier molecular flexibility index (Phi) is 14.5. The van der Waals surface area contributed by atoms with Gasteiger partial charge in [-0.25, -0.2) is 0 Å². The topological polar surface area (TPSA) is 82.1 Å². The predicted molar refractivity (Wildman–Crippen MR) is 230 cm³/mol. The molecule has 0 unspecified atom stereocenters. The molecule has 0 radical (unpaired) electrons. The van der Waals surface area contributed by atoms with E-state index in [9.17, 15) is 0 Å². The molecule has 5 rings (SSSR count). The zero-order valence-electron chi connectivity index (χ0n) is 37.6. The molecular formula is C45H86N8O2. The first-order valence-electron chi connectivity index (χ1n) is 21.8. The largest absolute Gasteiger partial charge is 0.349 e. The van der Waals surface area contributed by atoms with Crippen LogP contribution < -0.4 is 10.2 Å². The molecule has 3 heterocycles. The number of nitrogens with zero attached hydrogens (tertiary/aromatic N) is 7. The molecule has 0 bridgehead atoms. The smallest absolute Gasteiger partial charge is 0.231 e. The summed E-state index contributed by atoms with van der Waals surface area (Å²) in [4.78, 5) is 34.2. The SMILES string of the molecule is C.Cc1nc(NC(C)(C)CC(C)(C)C)nc(N(CN(C)C2CC(C)(C)N(OC3CCCCC3)C(C)(C)C2)C2CC(C)(C)N(OC3CCCCC3)C(C)(C)C2)n1. The molecule has 318 valence electrons. The van der Waals surface area contributed by atoms with Gasteiger partial charge in [0.2, 0.25) is 11.9 Å². The number of piperidine rings is 2. The second kappa shape index (κ2) is 17.3. The van der Waals surface area contributed by atoms with Gasteiger partial charge in [-0.2, -0.15) is 25.1 Å². The zero-order valence-corrected chi connectivity index (χ0v) is 37.6. The first-order chi connectivity index (χ1) is 24.9. The molecule has 1 aromatic rings. The summed E-state index contributed by atoms with van der Waals surface area (Å²) < 4.78 is 0. The number of aromatic nitrogens is 3. The quantitative estimate of drug-likeness (QED) is 0.207. The minimum atomic E-state index is -0.179. The number of aryl methyl sites for hydroxylation is 1. The van der Waals surface area contributed by atoms with E-state index in [1.54, 1.807) is 0 Å². The van der Waals surface area contributed by atoms with Gasteiger partial charge in [-0.3, -0.25) is 14.6 Å². The third kappa shape index (κ3) is 12.0. The van der Waals surface area contributed by atoms with Crippen molar-refractivity contribution in [1.82, 2.24) is 30.0 Å². The van der Waals surface area contributed by atoms with E-state index in [4.69, 9.17) is 24.6 Å². The number of rotatable bonds is 12. The van der Waals surface area contributed by atoms with E-state index >= 15 is 0 Å². The van der Waals surface area contributed by atoms with Gasteiger partial charge < -0.3 is 10.2 Å². The normalized spacial score (nSPS) is 24.8. The molecule has 2 saturated carbocycles. The molecule has 4 aliphatic rings. The number of hydrogen-bond donors (Lipinski definition) is 1. The van der Waals surface area contributed by atoms with Crippen LogP contribution in [0.3, 0.4) is 0 Å². The van der Waals surface area contributed by atoms with Crippen molar-refractivity contribution in [2.45, 2.75) is 253 Å². The summed E-state index contributed by atoms with van der Waals surface area (Å²) in [6.07, 6.45) is 18.0. The van der Waals surface area contributed by atoms with Gasteiger partial charge in [0, 0.05) is 39.8 Å². The Bertz CT molecular complexity index is 1340. The lowest BCUT2D eigenvalue weighted by atomic mass is 9.77. The van der Waals surface area contributed by atoms with Gasteiger partial charge in [-0.1, -0.05) is 66.7 Å². The maximum atomic E-state index is 6.95. The minimum absolute atomic E-state index is 0. The zero-order chi connectivity index (χ0) is 39.9. The Hall–Kier alpha value is -1.59. The molecule has 0 spiro atoms. The second-order valence-corrected chi connectivity index (χ2v) is 22.3. The number of anilines is 2. The van der Waals surface area contributed by atoms with Crippen LogP contribution in [0.4, 0.5) is 11.9 Å². The summed E-state index contributed by atoms with van der Waals surface area (Å²) in [5.74, 6) is 2.17. The highest BCUT2D eigenvalue weighted by molar-refractivity contribution is 5.40. The van der Waals surface area contributed by atoms with Crippen molar-refractivity contribution < 1.29 is 9.68 Å². The Morgan fingerprint density at radius 3 is 1.49 bits per heavy atom. The highest BCUT2D eigenvalue weighted by Crippen LogP contribution is 2.45. The summed E-state index contributed by atoms with van der Waals surface area (Å²) in [5, 5.41) is 8.49. The maximum absolute atomic E-state index is 6.95. The lowest BCUT2D eigenvalue weighted by Gasteiger charge is -2.58. The maximum Gasteiger partial charge on any atom is 0.231 e. The van der Waals surface area contributed by atoms with Crippen LogP contribution in [0.15, 0.2) is 0 Å². The molecule has 1 N–H and O–H groups in total. The molecule has 2 aliphatic heterocycles. The minimum Gasteiger partial charge on any atom is -0.349 e. The van der Waals surface area contributed by atoms with Gasteiger partial charge in [0.1, 0.15) is 5.82 Å². The molecule has 4 fully saturated rings. The van der Waals surface area contributed by atoms with Crippen molar-refractivity contribution in [2.24, 2.45) is 5.41 Å². The first kappa shape index (κ1) is 46.1. The van der Waals surface area contributed by atoms with E-state index < -0.39 is 0 Å². The predicted octanol–water partition coefficient (Wildman–Crippen LogP) is 10.7. The third-order valence-electron chi connectivity index (χ3n) is 12.6. The highest BCUT2D eigenvalue weighted by atomic mass is 16.7. The fourth-order valence-electron chi connectivity index (χ4n) is 11.2. The molecule has 2 aliphatic carbocycles. The Morgan fingerprint density at radius 2 is 1.07 bits per heavy atom. The Morgan fingerprint density at radius 1 is 0.655 bits per heavy atom. The molecule has 0 atom stereocenters. The summed E-state index contributed by atoms with van der Waals surface area (Å²) in [7, 11) is 2.32. The van der Waals surface area contributed by atoms with Crippen molar-refractivity contribution in [1.29, 1.82) is 0 Å². The van der Waals surface area contributed by atoms with Crippen molar-refractivity contribution in [3.8, 4) is 0 Å². The Balaban J connectivity index is 0.00000673. The van der Waals surface area contributed by atoms with Gasteiger partial charge in [0.05, 0.1) is 18.9 Å². The molecule has 55 heavy (non-hydrogen) atoms. The summed E-state index contributed by atoms with van der Waals surface area (Å²) in [6, 6.07) is 0.572. The third-order valence-corrected chi connectivity index (χ3v) is 12.6. The van der Waals surface area contributed by atoms with E-state index in [1.807, 2.05) is 6.92 Å². The average Bonchev–Trinajstić information content (AvgIpc) is 3.01. The summed E-state index contributed by atoms with van der Waals surface area (Å²) >= 11 is 0. The van der Waals surface area contributed by atoms with Crippen LogP contribution in [0, 0.1) is 12.3 Å². The van der Waals surface area contributed by atoms with Crippen molar-refractivity contribution in [2.75, 3.05) is 23.9 Å². The molecule has 1 aromatic heterocycles. The number of hydrogen-bond acceptors (Lipinski definition) is 10. The molecule has 10 nitrogen and oxygen atoms in total. The van der Waals surface area contributed by atoms with Gasteiger partial charge in [-0.05, 0) is 146 Å². The summed E-state index contributed by atoms with van der Waals surface area (Å²) in [6.45, 7) is 33.2. The lowest BCUT2D eigenvalue weighted by Crippen LogP contribution is -2.67. The molecule has 10 heteroatoms. The number of hydroxylamine groups is 4. The van der Waals surface area contributed by atoms with Crippen LogP contribution in [0.5, 0.6) is 0 Å². The molecule has 0 amide bonds. The molecule has 0 aromatic carbocycles. The van der Waals surface area contributed by atoms with E-state index in [-0.39, 0.29) is 46.6 Å². The monoisotopic (exact) mass is 771 g/mol. The van der Waals surface area contributed by atoms with Crippen LogP contribution in [-0.2, 0) is 9.68 Å². The Labute approximate surface area is 338 Å². The van der Waals surface area contributed by atoms with E-state index in [1.165, 1.54) is 51.4 Å². The van der Waals surface area contributed by atoms with Crippen molar-refractivity contribution in [3.63, 3.8) is 0 Å². The fraction of sp³-hybridized carbons (Fsp3) is 0.933. The second-order valence-electron chi connectivity index (χ2n) is 22.3. The van der Waals surface area contributed by atoms with Crippen LogP contribution >= 0.6 is 0 Å². The van der Waals surface area contributed by atoms with Crippen molar-refractivity contribution in [3.05, 3.63) is 5.82 Å². The van der Waals surface area contributed by atoms with Gasteiger partial charge >= 0.3 is 0 Å². The van der Waals surface area contributed by atoms with Gasteiger partial charge in [-0.15, -0.1) is 0 Å². The fourth-order valence-corrected chi connectivity index (χ4v) is 11.2. The van der Waals surface area contributed by atoms with Crippen LogP contribution in [-0.4, -0.2) is 95.7 Å². The molecule has 2 saturated heterocycles. The standard InChI is InChI=1S/C44H82N8O2.CH4/c1-32-45-37(48-40(5,6)30-39(2,3)4)47-38(46-32)50(34-28-43(11,12)52(44(13,14)29-34)54-36-24-20-17-21-25-36)31-49(15)33-26-41(7,8)51(42(9,10)27-33)53-35-22-18-16-19-23-35;/h33-36H,16-31H2,1-15H3,(H,45,46,47,48);1H4. The lowest BCUT2D eigenvalue weighted by molar-refractivity contribution is -0.314. The van der Waals surface area contributed by atoms with Gasteiger partial charge in [0.15, 0.2) is 0 Å². The molecular weight excluding hydrogens is 685 g/mol. The van der Waals surface area contributed by atoms with Crippen molar-refractivity contribution >= 4 is 11.9 Å². The van der Waals surface area contributed by atoms with E-state index in [0.717, 1.165) is 63.4 Å². The van der Waals surface area contributed by atoms with Crippen LogP contribution in [0.25, 0.3) is 0 Å². The first-order valence-corrected chi connectivity index (χ1v) is 21.8. The highest BCUT2D eigenvalue weighted by Gasteiger charge is 2.51. The summed E-state index contributed by atoms with van der Waals surface area (Å²) in [5.41, 5.74) is -0.571.